The predicted molar refractivity (Wildman–Crippen MR) is 145 cm³/mol. The standard InChI is InChI=1S/C29H30FN7O3/c30-22-10-8-19(9-11-22)24-17-26(24)31-13-1-3-25(29(40)37-18-23(12-16-38)35-36-37)34-28(39)21-6-4-20(5-7-21)27-32-14-2-15-33-27/h2,4-11,14-15,18,24-26,31,38H,1,3,12-13,16-17H2,(H,34,39)/t24-,25-,26+/m0/s1. The second kappa shape index (κ2) is 12.7. The molecule has 11 heteroatoms. The van der Waals surface area contributed by atoms with Gasteiger partial charge in [0.05, 0.1) is 11.9 Å². The molecule has 0 spiro atoms. The predicted octanol–water partition coefficient (Wildman–Crippen LogP) is 2.77. The van der Waals surface area contributed by atoms with Crippen LogP contribution in [0.15, 0.2) is 73.2 Å². The van der Waals surface area contributed by atoms with E-state index in [-0.39, 0.29) is 24.8 Å². The molecule has 206 valence electrons. The van der Waals surface area contributed by atoms with Crippen LogP contribution in [0.2, 0.25) is 0 Å². The molecule has 2 aromatic carbocycles. The van der Waals surface area contributed by atoms with Gasteiger partial charge in [-0.2, -0.15) is 4.68 Å². The number of aromatic nitrogens is 5. The van der Waals surface area contributed by atoms with Crippen LogP contribution < -0.4 is 10.6 Å². The lowest BCUT2D eigenvalue weighted by Gasteiger charge is -2.17. The average molecular weight is 544 g/mol. The number of benzene rings is 2. The zero-order chi connectivity index (χ0) is 27.9. The van der Waals surface area contributed by atoms with E-state index in [1.807, 2.05) is 12.1 Å². The number of carbonyl (C=O) groups is 2. The zero-order valence-corrected chi connectivity index (χ0v) is 21.8. The van der Waals surface area contributed by atoms with E-state index in [1.54, 1.807) is 42.7 Å². The van der Waals surface area contributed by atoms with Gasteiger partial charge in [-0.1, -0.05) is 29.5 Å². The van der Waals surface area contributed by atoms with E-state index < -0.39 is 11.9 Å². The first-order valence-electron chi connectivity index (χ1n) is 13.3. The maximum Gasteiger partial charge on any atom is 0.270 e. The number of aliphatic hydroxyl groups excluding tert-OH is 1. The topological polar surface area (TPSA) is 135 Å². The van der Waals surface area contributed by atoms with Crippen molar-refractivity contribution in [3.05, 3.63) is 95.8 Å². The number of amides is 1. The summed E-state index contributed by atoms with van der Waals surface area (Å²) in [5.41, 5.74) is 2.76. The van der Waals surface area contributed by atoms with E-state index in [9.17, 15) is 14.0 Å². The molecule has 0 unspecified atom stereocenters. The third-order valence-corrected chi connectivity index (χ3v) is 6.87. The molecule has 0 bridgehead atoms. The van der Waals surface area contributed by atoms with Crippen molar-refractivity contribution < 1.29 is 19.1 Å². The number of carbonyl (C=O) groups excluding carboxylic acids is 2. The van der Waals surface area contributed by atoms with Crippen molar-refractivity contribution in [2.45, 2.75) is 43.7 Å². The van der Waals surface area contributed by atoms with Gasteiger partial charge >= 0.3 is 0 Å². The number of hydrogen-bond acceptors (Lipinski definition) is 8. The number of hydrogen-bond donors (Lipinski definition) is 3. The van der Waals surface area contributed by atoms with Gasteiger partial charge in [0, 0.05) is 48.5 Å². The maximum atomic E-state index is 13.3. The third-order valence-electron chi connectivity index (χ3n) is 6.87. The van der Waals surface area contributed by atoms with E-state index in [1.165, 1.54) is 18.3 Å². The fourth-order valence-corrected chi connectivity index (χ4v) is 4.61. The van der Waals surface area contributed by atoms with Crippen molar-refractivity contribution in [2.75, 3.05) is 13.2 Å². The van der Waals surface area contributed by atoms with Crippen LogP contribution in [0, 0.1) is 5.82 Å². The summed E-state index contributed by atoms with van der Waals surface area (Å²) >= 11 is 0. The van der Waals surface area contributed by atoms with E-state index in [2.05, 4.69) is 30.9 Å². The number of nitrogens with one attached hydrogen (secondary N) is 2. The summed E-state index contributed by atoms with van der Waals surface area (Å²) < 4.78 is 14.3. The van der Waals surface area contributed by atoms with Crippen LogP contribution in [-0.2, 0) is 6.42 Å². The highest BCUT2D eigenvalue weighted by molar-refractivity contribution is 5.98. The molecule has 4 aromatic rings. The minimum Gasteiger partial charge on any atom is -0.396 e. The van der Waals surface area contributed by atoms with Gasteiger partial charge in [-0.25, -0.2) is 14.4 Å². The molecule has 40 heavy (non-hydrogen) atoms. The Hall–Kier alpha value is -4.35. The molecule has 3 atom stereocenters. The highest BCUT2D eigenvalue weighted by Crippen LogP contribution is 2.40. The van der Waals surface area contributed by atoms with Crippen molar-refractivity contribution in [3.8, 4) is 11.4 Å². The molecular weight excluding hydrogens is 513 g/mol. The molecule has 5 rings (SSSR count). The fourth-order valence-electron chi connectivity index (χ4n) is 4.61. The van der Waals surface area contributed by atoms with Crippen molar-refractivity contribution in [3.63, 3.8) is 0 Å². The van der Waals surface area contributed by atoms with Gasteiger partial charge < -0.3 is 15.7 Å². The third kappa shape index (κ3) is 6.80. The van der Waals surface area contributed by atoms with Crippen molar-refractivity contribution >= 4 is 11.8 Å². The Morgan fingerprint density at radius 1 is 1.07 bits per heavy atom. The molecule has 2 aromatic heterocycles. The van der Waals surface area contributed by atoms with E-state index in [4.69, 9.17) is 5.11 Å². The van der Waals surface area contributed by atoms with Gasteiger partial charge in [0.15, 0.2) is 5.82 Å². The SMILES string of the molecule is O=C(N[C@@H](CCCN[C@@H]1C[C@H]1c1ccc(F)cc1)C(=O)n1cc(CCO)nn1)c1ccc(-c2ncccn2)cc1. The zero-order valence-electron chi connectivity index (χ0n) is 21.8. The Morgan fingerprint density at radius 3 is 2.55 bits per heavy atom. The Bertz CT molecular complexity index is 1430. The van der Waals surface area contributed by atoms with Gasteiger partial charge in [-0.15, -0.1) is 5.10 Å². The van der Waals surface area contributed by atoms with Crippen LogP contribution in [0.1, 0.15) is 51.6 Å². The monoisotopic (exact) mass is 543 g/mol. The van der Waals surface area contributed by atoms with Crippen LogP contribution in [0.3, 0.4) is 0 Å². The average Bonchev–Trinajstić information content (AvgIpc) is 3.61. The number of aliphatic hydroxyl groups is 1. The molecule has 1 amide bonds. The summed E-state index contributed by atoms with van der Waals surface area (Å²) in [6.07, 6.45) is 7.04. The second-order valence-corrected chi connectivity index (χ2v) is 9.74. The van der Waals surface area contributed by atoms with Gasteiger partial charge in [-0.05, 0) is 61.7 Å². The summed E-state index contributed by atoms with van der Waals surface area (Å²) in [7, 11) is 0. The van der Waals surface area contributed by atoms with Gasteiger partial charge in [0.1, 0.15) is 11.9 Å². The number of rotatable bonds is 12. The van der Waals surface area contributed by atoms with Crippen molar-refractivity contribution in [1.29, 1.82) is 0 Å². The summed E-state index contributed by atoms with van der Waals surface area (Å²) in [5, 5.41) is 23.3. The van der Waals surface area contributed by atoms with E-state index in [0.717, 1.165) is 22.2 Å². The lowest BCUT2D eigenvalue weighted by atomic mass is 10.1. The lowest BCUT2D eigenvalue weighted by molar-refractivity contribution is 0.0783. The van der Waals surface area contributed by atoms with Crippen LogP contribution >= 0.6 is 0 Å². The Balaban J connectivity index is 1.20. The second-order valence-electron chi connectivity index (χ2n) is 9.74. The first-order chi connectivity index (χ1) is 19.5. The fraction of sp³-hybridized carbons (Fsp3) is 0.310. The molecule has 1 saturated carbocycles. The molecular formula is C29H30FN7O3. The first-order valence-corrected chi connectivity index (χ1v) is 13.3. The first kappa shape index (κ1) is 27.2. The van der Waals surface area contributed by atoms with Gasteiger partial charge in [0.2, 0.25) is 0 Å². The van der Waals surface area contributed by atoms with Crippen LogP contribution in [0.4, 0.5) is 4.39 Å². The molecule has 0 aliphatic heterocycles. The summed E-state index contributed by atoms with van der Waals surface area (Å²) in [4.78, 5) is 34.8. The number of nitrogens with zero attached hydrogens (tertiary/aromatic N) is 5. The van der Waals surface area contributed by atoms with Crippen molar-refractivity contribution in [2.24, 2.45) is 0 Å². The van der Waals surface area contributed by atoms with Crippen LogP contribution in [0.5, 0.6) is 0 Å². The smallest absolute Gasteiger partial charge is 0.270 e. The Morgan fingerprint density at radius 2 is 1.82 bits per heavy atom. The van der Waals surface area contributed by atoms with Crippen LogP contribution in [-0.4, -0.2) is 67.1 Å². The highest BCUT2D eigenvalue weighted by atomic mass is 19.1. The summed E-state index contributed by atoms with van der Waals surface area (Å²) in [6, 6.07) is 14.6. The summed E-state index contributed by atoms with van der Waals surface area (Å²) in [6.45, 7) is 0.545. The molecule has 3 N–H and O–H groups in total. The Kier molecular flexibility index (Phi) is 8.62. The normalized spacial score (nSPS) is 16.9. The molecule has 1 fully saturated rings. The quantitative estimate of drug-likeness (QED) is 0.232. The maximum absolute atomic E-state index is 13.3. The minimum absolute atomic E-state index is 0.108. The van der Waals surface area contributed by atoms with Crippen molar-refractivity contribution in [1.82, 2.24) is 35.6 Å². The Labute approximate surface area is 230 Å². The highest BCUT2D eigenvalue weighted by Gasteiger charge is 2.37. The molecule has 2 heterocycles. The van der Waals surface area contributed by atoms with Gasteiger partial charge in [-0.3, -0.25) is 9.59 Å². The molecule has 0 radical (unpaired) electrons. The number of halogens is 1. The van der Waals surface area contributed by atoms with E-state index >= 15 is 0 Å². The minimum atomic E-state index is -0.831. The molecule has 1 aliphatic carbocycles. The molecule has 0 saturated heterocycles. The van der Waals surface area contributed by atoms with Gasteiger partial charge in [0.25, 0.3) is 11.8 Å². The summed E-state index contributed by atoms with van der Waals surface area (Å²) in [5.74, 6) is -0.140. The van der Waals surface area contributed by atoms with Crippen LogP contribution in [0.25, 0.3) is 11.4 Å². The molecule has 10 nitrogen and oxygen atoms in total. The largest absolute Gasteiger partial charge is 0.396 e. The molecule has 1 aliphatic rings. The van der Waals surface area contributed by atoms with E-state index in [0.29, 0.717) is 48.4 Å². The lowest BCUT2D eigenvalue weighted by Crippen LogP contribution is -2.44.